The largest absolute Gasteiger partial charge is 0.494 e. The number of nitrogens with one attached hydrogen (secondary N) is 1. The summed E-state index contributed by atoms with van der Waals surface area (Å²) >= 11 is 0. The smallest absolute Gasteiger partial charge is 0.309 e. The van der Waals surface area contributed by atoms with E-state index in [1.165, 1.54) is 5.56 Å². The van der Waals surface area contributed by atoms with Gasteiger partial charge >= 0.3 is 5.97 Å². The van der Waals surface area contributed by atoms with Crippen molar-refractivity contribution in [1.82, 2.24) is 4.98 Å². The van der Waals surface area contributed by atoms with Crippen LogP contribution < -0.4 is 10.1 Å². The SMILES string of the molecule is CCCOc1ccc(CCCCOCc2cccc(C=Cc3cccc(NCCC(CC)(CC)C(=O)O)c3)n2)cc1. The summed E-state index contributed by atoms with van der Waals surface area (Å²) in [7, 11) is 0. The molecule has 0 unspecified atom stereocenters. The first-order valence-corrected chi connectivity index (χ1v) is 15.0. The number of aliphatic carboxylic acids is 1. The van der Waals surface area contributed by atoms with Gasteiger partial charge in [0.15, 0.2) is 0 Å². The van der Waals surface area contributed by atoms with Gasteiger partial charge in [0.2, 0.25) is 0 Å². The van der Waals surface area contributed by atoms with Crippen molar-refractivity contribution in [2.24, 2.45) is 5.41 Å². The molecule has 3 aromatic rings. The van der Waals surface area contributed by atoms with Crippen molar-refractivity contribution in [1.29, 1.82) is 0 Å². The Labute approximate surface area is 245 Å². The fourth-order valence-electron chi connectivity index (χ4n) is 4.75. The van der Waals surface area contributed by atoms with Crippen LogP contribution in [0.15, 0.2) is 66.7 Å². The maximum Gasteiger partial charge on any atom is 0.309 e. The lowest BCUT2D eigenvalue weighted by atomic mass is 9.79. The van der Waals surface area contributed by atoms with Crippen LogP contribution in [-0.4, -0.2) is 35.8 Å². The van der Waals surface area contributed by atoms with Gasteiger partial charge in [-0.1, -0.05) is 57.2 Å². The molecule has 0 spiro atoms. The highest BCUT2D eigenvalue weighted by Gasteiger charge is 2.34. The normalized spacial score (nSPS) is 11.6. The van der Waals surface area contributed by atoms with Crippen molar-refractivity contribution in [3.8, 4) is 5.75 Å². The molecule has 0 atom stereocenters. The fraction of sp³-hybridized carbons (Fsp3) is 0.429. The van der Waals surface area contributed by atoms with E-state index in [0.717, 1.165) is 60.7 Å². The lowest BCUT2D eigenvalue weighted by Crippen LogP contribution is -2.31. The molecule has 0 radical (unpaired) electrons. The average Bonchev–Trinajstić information content (AvgIpc) is 3.00. The quantitative estimate of drug-likeness (QED) is 0.144. The molecule has 0 aliphatic rings. The lowest BCUT2D eigenvalue weighted by molar-refractivity contribution is -0.149. The fourth-order valence-corrected chi connectivity index (χ4v) is 4.75. The molecule has 0 amide bonds. The highest BCUT2D eigenvalue weighted by atomic mass is 16.5. The highest BCUT2D eigenvalue weighted by Crippen LogP contribution is 2.31. The number of rotatable bonds is 19. The number of anilines is 1. The van der Waals surface area contributed by atoms with Crippen LogP contribution in [0.25, 0.3) is 12.2 Å². The summed E-state index contributed by atoms with van der Waals surface area (Å²) in [4.78, 5) is 16.5. The van der Waals surface area contributed by atoms with Gasteiger partial charge in [0.1, 0.15) is 5.75 Å². The third kappa shape index (κ3) is 10.7. The molecule has 0 aliphatic carbocycles. The van der Waals surface area contributed by atoms with Crippen LogP contribution in [0.3, 0.4) is 0 Å². The minimum atomic E-state index is -0.712. The van der Waals surface area contributed by atoms with Crippen molar-refractivity contribution >= 4 is 23.8 Å². The van der Waals surface area contributed by atoms with Gasteiger partial charge in [0.05, 0.1) is 30.0 Å². The van der Waals surface area contributed by atoms with E-state index < -0.39 is 11.4 Å². The maximum atomic E-state index is 11.8. The predicted molar refractivity (Wildman–Crippen MR) is 168 cm³/mol. The third-order valence-corrected chi connectivity index (χ3v) is 7.55. The van der Waals surface area contributed by atoms with Gasteiger partial charge in [-0.3, -0.25) is 9.78 Å². The number of aromatic nitrogens is 1. The number of unbranched alkanes of at least 4 members (excludes halogenated alkanes) is 1. The summed E-state index contributed by atoms with van der Waals surface area (Å²) in [5.74, 6) is 0.227. The Balaban J connectivity index is 1.40. The first kappa shape index (κ1) is 31.9. The van der Waals surface area contributed by atoms with Gasteiger partial charge in [-0.25, -0.2) is 0 Å². The van der Waals surface area contributed by atoms with E-state index in [1.807, 2.05) is 62.4 Å². The molecule has 41 heavy (non-hydrogen) atoms. The molecule has 0 fully saturated rings. The Bertz CT molecular complexity index is 1220. The predicted octanol–water partition coefficient (Wildman–Crippen LogP) is 8.27. The summed E-state index contributed by atoms with van der Waals surface area (Å²) in [6.07, 6.45) is 10.0. The number of carboxylic acids is 1. The van der Waals surface area contributed by atoms with E-state index in [0.29, 0.717) is 39.0 Å². The summed E-state index contributed by atoms with van der Waals surface area (Å²) in [5, 5.41) is 13.0. The van der Waals surface area contributed by atoms with Gasteiger partial charge in [-0.15, -0.1) is 0 Å². The summed E-state index contributed by atoms with van der Waals surface area (Å²) in [6, 6.07) is 22.5. The van der Waals surface area contributed by atoms with Crippen molar-refractivity contribution < 1.29 is 19.4 Å². The molecule has 0 saturated carbocycles. The Morgan fingerprint density at radius 1 is 0.951 bits per heavy atom. The molecule has 2 aromatic carbocycles. The minimum Gasteiger partial charge on any atom is -0.494 e. The zero-order chi connectivity index (χ0) is 29.3. The molecule has 3 rings (SSSR count). The van der Waals surface area contributed by atoms with E-state index in [4.69, 9.17) is 14.5 Å². The maximum absolute atomic E-state index is 11.8. The molecular formula is C35H46N2O4. The van der Waals surface area contributed by atoms with Crippen LogP contribution in [0.2, 0.25) is 0 Å². The van der Waals surface area contributed by atoms with Crippen LogP contribution in [0.4, 0.5) is 5.69 Å². The van der Waals surface area contributed by atoms with Crippen LogP contribution in [0.1, 0.15) is 81.8 Å². The Hall–Kier alpha value is -3.64. The average molecular weight is 559 g/mol. The number of pyridine rings is 1. The highest BCUT2D eigenvalue weighted by molar-refractivity contribution is 5.74. The van der Waals surface area contributed by atoms with Crippen molar-refractivity contribution in [3.05, 3.63) is 89.2 Å². The van der Waals surface area contributed by atoms with Crippen LogP contribution in [0.5, 0.6) is 5.75 Å². The molecule has 1 aromatic heterocycles. The first-order valence-electron chi connectivity index (χ1n) is 15.0. The Kier molecular flexibility index (Phi) is 13.4. The van der Waals surface area contributed by atoms with Gasteiger partial charge in [0.25, 0.3) is 0 Å². The minimum absolute atomic E-state index is 0.498. The molecule has 0 aliphatic heterocycles. The number of ether oxygens (including phenoxy) is 2. The van der Waals surface area contributed by atoms with Gasteiger partial charge < -0.3 is 19.9 Å². The zero-order valence-electron chi connectivity index (χ0n) is 24.9. The van der Waals surface area contributed by atoms with E-state index in [2.05, 4.69) is 42.6 Å². The number of hydrogen-bond acceptors (Lipinski definition) is 5. The summed E-state index contributed by atoms with van der Waals surface area (Å²) < 4.78 is 11.5. The molecule has 2 N–H and O–H groups in total. The van der Waals surface area contributed by atoms with E-state index in [1.54, 1.807) is 0 Å². The van der Waals surface area contributed by atoms with Crippen LogP contribution >= 0.6 is 0 Å². The Morgan fingerprint density at radius 3 is 2.46 bits per heavy atom. The summed E-state index contributed by atoms with van der Waals surface area (Å²) in [5.41, 5.74) is 4.49. The number of nitrogens with zero attached hydrogens (tertiary/aromatic N) is 1. The molecule has 6 nitrogen and oxygen atoms in total. The molecular weight excluding hydrogens is 512 g/mol. The van der Waals surface area contributed by atoms with Gasteiger partial charge in [-0.05, 0) is 98.5 Å². The van der Waals surface area contributed by atoms with E-state index in [9.17, 15) is 9.90 Å². The number of carbonyl (C=O) groups is 1. The monoisotopic (exact) mass is 558 g/mol. The third-order valence-electron chi connectivity index (χ3n) is 7.55. The topological polar surface area (TPSA) is 80.7 Å². The molecule has 6 heteroatoms. The van der Waals surface area contributed by atoms with Gasteiger partial charge in [-0.2, -0.15) is 0 Å². The number of aryl methyl sites for hydroxylation is 1. The second kappa shape index (κ2) is 17.2. The van der Waals surface area contributed by atoms with Crippen LogP contribution in [-0.2, 0) is 22.6 Å². The van der Waals surface area contributed by atoms with Crippen molar-refractivity contribution in [2.45, 2.75) is 72.3 Å². The standard InChI is InChI=1S/C35H46N2O4/c1-4-24-41-33-20-17-28(18-21-33)11-7-8-25-40-27-32-15-10-13-30(37-32)19-16-29-12-9-14-31(26-29)36-23-22-35(5-2,6-3)34(38)39/h9-10,12-21,26,36H,4-8,11,22-25,27H2,1-3H3,(H,38,39). The van der Waals surface area contributed by atoms with Crippen molar-refractivity contribution in [3.63, 3.8) is 0 Å². The number of carboxylic acid groups (broad SMARTS) is 1. The van der Waals surface area contributed by atoms with Gasteiger partial charge in [0, 0.05) is 18.8 Å². The molecule has 0 bridgehead atoms. The second-order valence-corrected chi connectivity index (χ2v) is 10.5. The van der Waals surface area contributed by atoms with Crippen molar-refractivity contribution in [2.75, 3.05) is 25.1 Å². The lowest BCUT2D eigenvalue weighted by Gasteiger charge is -2.26. The second-order valence-electron chi connectivity index (χ2n) is 10.5. The zero-order valence-corrected chi connectivity index (χ0v) is 24.9. The number of hydrogen-bond donors (Lipinski definition) is 2. The van der Waals surface area contributed by atoms with Crippen LogP contribution in [0, 0.1) is 5.41 Å². The molecule has 220 valence electrons. The van der Waals surface area contributed by atoms with E-state index >= 15 is 0 Å². The Morgan fingerprint density at radius 2 is 1.73 bits per heavy atom. The first-order chi connectivity index (χ1) is 20.0. The molecule has 1 heterocycles. The molecule has 0 saturated heterocycles. The number of benzene rings is 2. The summed E-state index contributed by atoms with van der Waals surface area (Å²) in [6.45, 7) is 8.59. The van der Waals surface area contributed by atoms with E-state index in [-0.39, 0.29) is 0 Å².